The lowest BCUT2D eigenvalue weighted by molar-refractivity contribution is -0.145. The Bertz CT molecular complexity index is 596. The highest BCUT2D eigenvalue weighted by molar-refractivity contribution is 7.98. The molecular weight excluding hydrogens is 446 g/mol. The van der Waals surface area contributed by atoms with Gasteiger partial charge in [0.15, 0.2) is 6.04 Å². The minimum atomic E-state index is -1.52. The molecule has 13 heteroatoms. The molecule has 0 saturated carbocycles. The van der Waals surface area contributed by atoms with Gasteiger partial charge in [0.25, 0.3) is 0 Å². The zero-order valence-corrected chi connectivity index (χ0v) is 19.6. The van der Waals surface area contributed by atoms with Gasteiger partial charge in [0.05, 0.1) is 12.1 Å². The SMILES string of the molecule is CSCCC(NC(=O)C(CS)NC(=O)C(N)CCCCN)C(=O)NC(C(=O)O)C(C)O. The van der Waals surface area contributed by atoms with E-state index in [-0.39, 0.29) is 12.2 Å². The van der Waals surface area contributed by atoms with E-state index in [0.29, 0.717) is 25.1 Å². The van der Waals surface area contributed by atoms with Crippen LogP contribution in [0.1, 0.15) is 32.6 Å². The number of carbonyl (C=O) groups excluding carboxylic acids is 3. The number of carboxylic acid groups (broad SMARTS) is 1. The monoisotopic (exact) mass is 481 g/mol. The summed E-state index contributed by atoms with van der Waals surface area (Å²) in [5, 5.41) is 26.0. The topological polar surface area (TPSA) is 197 Å². The summed E-state index contributed by atoms with van der Waals surface area (Å²) in [6, 6.07) is -4.42. The number of thiol groups is 1. The van der Waals surface area contributed by atoms with Gasteiger partial charge in [-0.25, -0.2) is 4.79 Å². The maximum atomic E-state index is 12.6. The first-order chi connectivity index (χ1) is 14.6. The van der Waals surface area contributed by atoms with Crippen LogP contribution in [-0.2, 0) is 19.2 Å². The fourth-order valence-corrected chi connectivity index (χ4v) is 3.26. The molecule has 0 heterocycles. The number of hydrogen-bond donors (Lipinski definition) is 8. The predicted molar refractivity (Wildman–Crippen MR) is 123 cm³/mol. The molecule has 0 saturated heterocycles. The summed E-state index contributed by atoms with van der Waals surface area (Å²) < 4.78 is 0. The molecule has 9 N–H and O–H groups in total. The quantitative estimate of drug-likeness (QED) is 0.0911. The Labute approximate surface area is 192 Å². The highest BCUT2D eigenvalue weighted by Gasteiger charge is 2.31. The van der Waals surface area contributed by atoms with Gasteiger partial charge in [0, 0.05) is 5.75 Å². The van der Waals surface area contributed by atoms with Crippen molar-refractivity contribution in [3.05, 3.63) is 0 Å². The largest absolute Gasteiger partial charge is 0.480 e. The fourth-order valence-electron chi connectivity index (χ4n) is 2.53. The molecule has 3 amide bonds. The minimum absolute atomic E-state index is 0.0324. The number of unbranched alkanes of at least 4 members (excludes halogenated alkanes) is 1. The zero-order valence-electron chi connectivity index (χ0n) is 17.9. The van der Waals surface area contributed by atoms with Gasteiger partial charge in [-0.15, -0.1) is 0 Å². The lowest BCUT2D eigenvalue weighted by Crippen LogP contribution is -2.58. The van der Waals surface area contributed by atoms with Crippen LogP contribution in [0.25, 0.3) is 0 Å². The standard InChI is InChI=1S/C18H35N5O6S2/c1-10(24)14(18(28)29)23-16(26)12(6-8-31-2)21-17(27)13(9-30)22-15(25)11(20)5-3-4-7-19/h10-14,24,30H,3-9,19-20H2,1-2H3,(H,21,27)(H,22,25)(H,23,26)(H,28,29). The van der Waals surface area contributed by atoms with Gasteiger partial charge < -0.3 is 37.6 Å². The number of carbonyl (C=O) groups is 4. The maximum Gasteiger partial charge on any atom is 0.328 e. The van der Waals surface area contributed by atoms with Crippen LogP contribution in [0.3, 0.4) is 0 Å². The van der Waals surface area contributed by atoms with Crippen molar-refractivity contribution in [2.75, 3.05) is 24.3 Å². The molecular formula is C18H35N5O6S2. The summed E-state index contributed by atoms with van der Waals surface area (Å²) in [4.78, 5) is 48.7. The lowest BCUT2D eigenvalue weighted by atomic mass is 10.1. The number of amides is 3. The Morgan fingerprint density at radius 3 is 2.06 bits per heavy atom. The first kappa shape index (κ1) is 29.5. The van der Waals surface area contributed by atoms with Crippen LogP contribution in [0.5, 0.6) is 0 Å². The summed E-state index contributed by atoms with van der Waals surface area (Å²) in [6.45, 7) is 1.73. The summed E-state index contributed by atoms with van der Waals surface area (Å²) in [6.07, 6.45) is 2.52. The van der Waals surface area contributed by atoms with Crippen LogP contribution in [0.15, 0.2) is 0 Å². The Morgan fingerprint density at radius 1 is 1.00 bits per heavy atom. The molecule has 0 aromatic rings. The second kappa shape index (κ2) is 16.1. The molecule has 0 aliphatic heterocycles. The van der Waals surface area contributed by atoms with E-state index in [1.807, 2.05) is 6.26 Å². The Kier molecular flexibility index (Phi) is 15.3. The molecule has 0 aliphatic rings. The number of rotatable bonds is 16. The average Bonchev–Trinajstić information content (AvgIpc) is 2.71. The molecule has 0 spiro atoms. The molecule has 0 aliphatic carbocycles. The number of nitrogens with two attached hydrogens (primary N) is 2. The first-order valence-corrected chi connectivity index (χ1v) is 12.0. The van der Waals surface area contributed by atoms with Crippen molar-refractivity contribution in [3.63, 3.8) is 0 Å². The zero-order chi connectivity index (χ0) is 24.0. The van der Waals surface area contributed by atoms with Crippen LogP contribution < -0.4 is 27.4 Å². The van der Waals surface area contributed by atoms with E-state index in [4.69, 9.17) is 16.6 Å². The van der Waals surface area contributed by atoms with Crippen LogP contribution in [-0.4, -0.2) is 88.5 Å². The maximum absolute atomic E-state index is 12.6. The van der Waals surface area contributed by atoms with Crippen molar-refractivity contribution in [1.29, 1.82) is 0 Å². The number of thioether (sulfide) groups is 1. The highest BCUT2D eigenvalue weighted by Crippen LogP contribution is 2.05. The van der Waals surface area contributed by atoms with Crippen molar-refractivity contribution in [1.82, 2.24) is 16.0 Å². The number of carboxylic acids is 1. The fraction of sp³-hybridized carbons (Fsp3) is 0.778. The van der Waals surface area contributed by atoms with Crippen molar-refractivity contribution in [2.45, 2.75) is 62.9 Å². The van der Waals surface area contributed by atoms with E-state index in [9.17, 15) is 24.3 Å². The van der Waals surface area contributed by atoms with Gasteiger partial charge in [-0.2, -0.15) is 24.4 Å². The third-order valence-corrected chi connectivity index (χ3v) is 5.42. The minimum Gasteiger partial charge on any atom is -0.480 e. The average molecular weight is 482 g/mol. The Hall–Kier alpha value is -1.54. The normalized spacial score (nSPS) is 15.8. The van der Waals surface area contributed by atoms with Gasteiger partial charge in [-0.1, -0.05) is 6.42 Å². The lowest BCUT2D eigenvalue weighted by Gasteiger charge is -2.25. The molecule has 11 nitrogen and oxygen atoms in total. The molecule has 5 atom stereocenters. The number of nitrogens with one attached hydrogen (secondary N) is 3. The smallest absolute Gasteiger partial charge is 0.328 e. The molecule has 0 rings (SSSR count). The van der Waals surface area contributed by atoms with E-state index in [1.54, 1.807) is 0 Å². The second-order valence-corrected chi connectivity index (χ2v) is 8.39. The third kappa shape index (κ3) is 11.6. The van der Waals surface area contributed by atoms with Crippen molar-refractivity contribution >= 4 is 48.1 Å². The van der Waals surface area contributed by atoms with Crippen LogP contribution >= 0.6 is 24.4 Å². The van der Waals surface area contributed by atoms with E-state index < -0.39 is 54.0 Å². The molecule has 0 fully saturated rings. The second-order valence-electron chi connectivity index (χ2n) is 7.04. The van der Waals surface area contributed by atoms with E-state index >= 15 is 0 Å². The number of hydrogen-bond acceptors (Lipinski definition) is 9. The molecule has 31 heavy (non-hydrogen) atoms. The first-order valence-electron chi connectivity index (χ1n) is 9.96. The van der Waals surface area contributed by atoms with Crippen molar-refractivity contribution < 1.29 is 29.4 Å². The summed E-state index contributed by atoms with van der Waals surface area (Å²) >= 11 is 5.53. The van der Waals surface area contributed by atoms with Crippen LogP contribution in [0.4, 0.5) is 0 Å². The molecule has 0 aromatic carbocycles. The van der Waals surface area contributed by atoms with Crippen LogP contribution in [0, 0.1) is 0 Å². The highest BCUT2D eigenvalue weighted by atomic mass is 32.2. The third-order valence-electron chi connectivity index (χ3n) is 4.41. The van der Waals surface area contributed by atoms with E-state index in [0.717, 1.165) is 6.42 Å². The van der Waals surface area contributed by atoms with Gasteiger partial charge in [-0.3, -0.25) is 14.4 Å². The molecule has 0 bridgehead atoms. The van der Waals surface area contributed by atoms with E-state index in [1.165, 1.54) is 18.7 Å². The van der Waals surface area contributed by atoms with Gasteiger partial charge in [0.1, 0.15) is 12.1 Å². The molecule has 0 aromatic heterocycles. The molecule has 180 valence electrons. The summed E-state index contributed by atoms with van der Waals surface area (Å²) in [7, 11) is 0. The number of aliphatic carboxylic acids is 1. The summed E-state index contributed by atoms with van der Waals surface area (Å²) in [5.74, 6) is -2.84. The Morgan fingerprint density at radius 2 is 1.58 bits per heavy atom. The summed E-state index contributed by atoms with van der Waals surface area (Å²) in [5.41, 5.74) is 11.2. The van der Waals surface area contributed by atoms with E-state index in [2.05, 4.69) is 28.6 Å². The van der Waals surface area contributed by atoms with Gasteiger partial charge in [-0.05, 0) is 44.7 Å². The van der Waals surface area contributed by atoms with Gasteiger partial charge >= 0.3 is 5.97 Å². The number of aliphatic hydroxyl groups excluding tert-OH is 1. The number of aliphatic hydroxyl groups is 1. The predicted octanol–water partition coefficient (Wildman–Crippen LogP) is -1.95. The van der Waals surface area contributed by atoms with Crippen molar-refractivity contribution in [3.8, 4) is 0 Å². The van der Waals surface area contributed by atoms with Crippen LogP contribution in [0.2, 0.25) is 0 Å². The molecule has 5 unspecified atom stereocenters. The van der Waals surface area contributed by atoms with Gasteiger partial charge in [0.2, 0.25) is 17.7 Å². The molecule has 0 radical (unpaired) electrons. The Balaban J connectivity index is 5.10. The van der Waals surface area contributed by atoms with Crippen molar-refractivity contribution in [2.24, 2.45) is 11.5 Å².